The molecule has 0 amide bonds. The predicted molar refractivity (Wildman–Crippen MR) is 59.1 cm³/mol. The molecule has 4 nitrogen and oxygen atoms in total. The predicted octanol–water partition coefficient (Wildman–Crippen LogP) is 2.50. The Kier molecular flexibility index (Phi) is 5.71. The maximum Gasteiger partial charge on any atom is 0.190 e. The lowest BCUT2D eigenvalue weighted by Gasteiger charge is -2.10. The van der Waals surface area contributed by atoms with Crippen LogP contribution in [0.1, 0.15) is 29.6 Å². The first-order valence-corrected chi connectivity index (χ1v) is 5.19. The van der Waals surface area contributed by atoms with E-state index in [9.17, 15) is 4.79 Å². The van der Waals surface area contributed by atoms with Crippen LogP contribution in [-0.4, -0.2) is 24.4 Å². The average molecular weight is 224 g/mol. The molecule has 1 aromatic carbocycles. The van der Waals surface area contributed by atoms with Gasteiger partial charge in [0.1, 0.15) is 0 Å². The zero-order valence-corrected chi connectivity index (χ0v) is 9.26. The van der Waals surface area contributed by atoms with E-state index in [0.29, 0.717) is 24.8 Å². The summed E-state index contributed by atoms with van der Waals surface area (Å²) >= 11 is 0. The Bertz CT molecular complexity index is 306. The number of carbonyl (C=O) groups excluding carboxylic acids is 1. The highest BCUT2D eigenvalue weighted by molar-refractivity contribution is 5.95. The quantitative estimate of drug-likeness (QED) is 0.334. The van der Waals surface area contributed by atoms with Crippen molar-refractivity contribution >= 4 is 5.78 Å². The highest BCUT2D eigenvalue weighted by Gasteiger charge is 2.09. The lowest BCUT2D eigenvalue weighted by Crippen LogP contribution is -2.13. The monoisotopic (exact) mass is 224 g/mol. The molecule has 0 aromatic heterocycles. The summed E-state index contributed by atoms with van der Waals surface area (Å²) in [5, 5.41) is 8.40. The number of ketones is 1. The minimum absolute atomic E-state index is 0.0911. The summed E-state index contributed by atoms with van der Waals surface area (Å²) < 4.78 is 4.80. The lowest BCUT2D eigenvalue weighted by molar-refractivity contribution is -0.341. The van der Waals surface area contributed by atoms with Gasteiger partial charge in [-0.1, -0.05) is 30.3 Å². The van der Waals surface area contributed by atoms with Crippen LogP contribution < -0.4 is 0 Å². The van der Waals surface area contributed by atoms with Crippen molar-refractivity contribution < 1.29 is 19.7 Å². The Labute approximate surface area is 94.7 Å². The van der Waals surface area contributed by atoms with Crippen LogP contribution in [0.3, 0.4) is 0 Å². The zero-order chi connectivity index (χ0) is 11.8. The smallest absolute Gasteiger partial charge is 0.190 e. The van der Waals surface area contributed by atoms with E-state index in [2.05, 4.69) is 4.89 Å². The summed E-state index contributed by atoms with van der Waals surface area (Å²) in [7, 11) is 1.44. The number of ether oxygens (including phenoxy) is 1. The molecule has 0 spiro atoms. The van der Waals surface area contributed by atoms with E-state index in [4.69, 9.17) is 9.99 Å². The zero-order valence-electron chi connectivity index (χ0n) is 9.26. The molecule has 0 heterocycles. The molecule has 1 unspecified atom stereocenters. The summed E-state index contributed by atoms with van der Waals surface area (Å²) in [6.45, 7) is 0. The van der Waals surface area contributed by atoms with Crippen LogP contribution in [0.5, 0.6) is 0 Å². The molecule has 0 saturated heterocycles. The van der Waals surface area contributed by atoms with E-state index in [1.165, 1.54) is 7.11 Å². The maximum absolute atomic E-state index is 11.7. The molecule has 1 rings (SSSR count). The molecule has 0 fully saturated rings. The highest BCUT2D eigenvalue weighted by Crippen LogP contribution is 2.09. The average Bonchev–Trinajstić information content (AvgIpc) is 2.35. The number of benzene rings is 1. The van der Waals surface area contributed by atoms with Gasteiger partial charge >= 0.3 is 0 Å². The van der Waals surface area contributed by atoms with Gasteiger partial charge in [-0.3, -0.25) is 4.79 Å². The molecule has 4 heteroatoms. The summed E-state index contributed by atoms with van der Waals surface area (Å²) in [5.74, 6) is 0.0911. The molecular weight excluding hydrogens is 208 g/mol. The van der Waals surface area contributed by atoms with Gasteiger partial charge in [0.05, 0.1) is 0 Å². The third-order valence-corrected chi connectivity index (χ3v) is 2.32. The molecular formula is C12H16O4. The van der Waals surface area contributed by atoms with Crippen LogP contribution in [-0.2, 0) is 9.62 Å². The molecule has 1 N–H and O–H groups in total. The molecule has 0 radical (unpaired) electrons. The Morgan fingerprint density at radius 3 is 2.62 bits per heavy atom. The first kappa shape index (κ1) is 12.8. The van der Waals surface area contributed by atoms with Gasteiger partial charge in [-0.25, -0.2) is 10.1 Å². The molecule has 0 aliphatic heterocycles. The normalized spacial score (nSPS) is 12.4. The third-order valence-electron chi connectivity index (χ3n) is 2.32. The van der Waals surface area contributed by atoms with Crippen LogP contribution >= 0.6 is 0 Å². The van der Waals surface area contributed by atoms with Crippen LogP contribution in [0, 0.1) is 0 Å². The number of hydrogen-bond acceptors (Lipinski definition) is 4. The molecule has 0 bridgehead atoms. The van der Waals surface area contributed by atoms with Crippen molar-refractivity contribution in [2.24, 2.45) is 0 Å². The second-order valence-electron chi connectivity index (χ2n) is 3.45. The first-order chi connectivity index (χ1) is 7.77. The van der Waals surface area contributed by atoms with Crippen molar-refractivity contribution in [3.63, 3.8) is 0 Å². The summed E-state index contributed by atoms with van der Waals surface area (Å²) in [5.41, 5.74) is 0.710. The van der Waals surface area contributed by atoms with Crippen molar-refractivity contribution in [1.29, 1.82) is 0 Å². The molecule has 0 aliphatic rings. The van der Waals surface area contributed by atoms with Gasteiger partial charge in [-0.2, -0.15) is 0 Å². The number of carbonyl (C=O) groups is 1. The van der Waals surface area contributed by atoms with Crippen molar-refractivity contribution in [2.45, 2.75) is 25.6 Å². The lowest BCUT2D eigenvalue weighted by atomic mass is 10.1. The largest absolute Gasteiger partial charge is 0.353 e. The number of methoxy groups -OCH3 is 1. The molecule has 0 saturated carbocycles. The Hall–Kier alpha value is -1.23. The SMILES string of the molecule is COC(CCCC(=O)c1ccccc1)OO. The van der Waals surface area contributed by atoms with Crippen molar-refractivity contribution in [3.05, 3.63) is 35.9 Å². The van der Waals surface area contributed by atoms with Crippen LogP contribution in [0.2, 0.25) is 0 Å². The Morgan fingerprint density at radius 1 is 1.38 bits per heavy atom. The Balaban J connectivity index is 2.31. The molecule has 0 aliphatic carbocycles. The number of hydrogen-bond donors (Lipinski definition) is 1. The number of Topliss-reactive ketones (excluding diaryl/α,β-unsaturated/α-hetero) is 1. The fourth-order valence-corrected chi connectivity index (χ4v) is 1.41. The van der Waals surface area contributed by atoms with Gasteiger partial charge in [0.2, 0.25) is 0 Å². The summed E-state index contributed by atoms with van der Waals surface area (Å²) in [4.78, 5) is 15.7. The van der Waals surface area contributed by atoms with Crippen molar-refractivity contribution in [2.75, 3.05) is 7.11 Å². The second kappa shape index (κ2) is 7.11. The van der Waals surface area contributed by atoms with Crippen molar-refractivity contribution in [1.82, 2.24) is 0 Å². The third kappa shape index (κ3) is 4.10. The minimum atomic E-state index is -0.649. The summed E-state index contributed by atoms with van der Waals surface area (Å²) in [6.07, 6.45) is 0.884. The molecule has 1 aromatic rings. The Morgan fingerprint density at radius 2 is 2.06 bits per heavy atom. The summed E-state index contributed by atoms with van der Waals surface area (Å²) in [6, 6.07) is 9.12. The van der Waals surface area contributed by atoms with Gasteiger partial charge in [0, 0.05) is 25.5 Å². The topological polar surface area (TPSA) is 55.8 Å². The first-order valence-electron chi connectivity index (χ1n) is 5.19. The van der Waals surface area contributed by atoms with Gasteiger partial charge < -0.3 is 4.74 Å². The highest BCUT2D eigenvalue weighted by atomic mass is 17.1. The fraction of sp³-hybridized carbons (Fsp3) is 0.417. The van der Waals surface area contributed by atoms with E-state index in [-0.39, 0.29) is 5.78 Å². The van der Waals surface area contributed by atoms with Crippen LogP contribution in [0.4, 0.5) is 0 Å². The van der Waals surface area contributed by atoms with Gasteiger partial charge in [-0.05, 0) is 6.42 Å². The van der Waals surface area contributed by atoms with Gasteiger partial charge in [-0.15, -0.1) is 0 Å². The standard InChI is InChI=1S/C12H16O4/c1-15-12(16-14)9-5-8-11(13)10-6-3-2-4-7-10/h2-4,6-7,12,14H,5,8-9H2,1H3. The maximum atomic E-state index is 11.7. The van der Waals surface area contributed by atoms with E-state index in [1.807, 2.05) is 18.2 Å². The van der Waals surface area contributed by atoms with Gasteiger partial charge in [0.25, 0.3) is 0 Å². The van der Waals surface area contributed by atoms with E-state index in [0.717, 1.165) is 0 Å². The van der Waals surface area contributed by atoms with E-state index < -0.39 is 6.29 Å². The van der Waals surface area contributed by atoms with Crippen LogP contribution in [0.25, 0.3) is 0 Å². The van der Waals surface area contributed by atoms with Gasteiger partial charge in [0.15, 0.2) is 12.1 Å². The minimum Gasteiger partial charge on any atom is -0.353 e. The molecule has 88 valence electrons. The van der Waals surface area contributed by atoms with E-state index in [1.54, 1.807) is 12.1 Å². The number of rotatable bonds is 7. The second-order valence-corrected chi connectivity index (χ2v) is 3.45. The van der Waals surface area contributed by atoms with Crippen LogP contribution in [0.15, 0.2) is 30.3 Å². The molecule has 16 heavy (non-hydrogen) atoms. The van der Waals surface area contributed by atoms with E-state index >= 15 is 0 Å². The molecule has 1 atom stereocenters. The van der Waals surface area contributed by atoms with Crippen molar-refractivity contribution in [3.8, 4) is 0 Å². The fourth-order valence-electron chi connectivity index (χ4n) is 1.41.